The van der Waals surface area contributed by atoms with Gasteiger partial charge < -0.3 is 10.1 Å². The number of benzene rings is 2. The Kier molecular flexibility index (Phi) is 3.28. The molecule has 108 valence electrons. The first kappa shape index (κ1) is 13.0. The third-order valence-electron chi connectivity index (χ3n) is 4.05. The quantitative estimate of drug-likeness (QED) is 0.882. The maximum atomic E-state index is 6.26. The summed E-state index contributed by atoms with van der Waals surface area (Å²) in [6, 6.07) is 21.0. The van der Waals surface area contributed by atoms with Gasteiger partial charge in [0.2, 0.25) is 0 Å². The van der Waals surface area contributed by atoms with Crippen LogP contribution in [0.15, 0.2) is 96.4 Å². The lowest BCUT2D eigenvalue weighted by Crippen LogP contribution is -2.16. The largest absolute Gasteiger partial charge is 0.468 e. The highest BCUT2D eigenvalue weighted by atomic mass is 16.5. The van der Waals surface area contributed by atoms with Gasteiger partial charge in [0.05, 0.1) is 6.04 Å². The van der Waals surface area contributed by atoms with Gasteiger partial charge in [-0.05, 0) is 23.3 Å². The maximum absolute atomic E-state index is 6.26. The zero-order chi connectivity index (χ0) is 14.8. The number of hydrogen-bond acceptors (Lipinski definition) is 2. The molecular weight excluding hydrogens is 270 g/mol. The maximum Gasteiger partial charge on any atom is 0.195 e. The van der Waals surface area contributed by atoms with Gasteiger partial charge in [-0.1, -0.05) is 72.8 Å². The Hall–Kier alpha value is -2.74. The van der Waals surface area contributed by atoms with Crippen LogP contribution in [0.1, 0.15) is 23.3 Å². The minimum absolute atomic E-state index is 0.0199. The van der Waals surface area contributed by atoms with Crippen molar-refractivity contribution in [2.24, 2.45) is 0 Å². The predicted molar refractivity (Wildman–Crippen MR) is 87.9 cm³/mol. The van der Waals surface area contributed by atoms with E-state index in [2.05, 4.69) is 66.0 Å². The van der Waals surface area contributed by atoms with Crippen LogP contribution in [0.3, 0.4) is 0 Å². The van der Waals surface area contributed by atoms with Crippen LogP contribution in [0.4, 0.5) is 0 Å². The van der Waals surface area contributed by atoms with Gasteiger partial charge in [-0.15, -0.1) is 0 Å². The lowest BCUT2D eigenvalue weighted by molar-refractivity contribution is 0.150. The van der Waals surface area contributed by atoms with Crippen LogP contribution in [-0.2, 0) is 4.74 Å². The molecule has 2 aromatic carbocycles. The van der Waals surface area contributed by atoms with Crippen LogP contribution in [0.5, 0.6) is 0 Å². The van der Waals surface area contributed by atoms with Crippen molar-refractivity contribution in [3.05, 3.63) is 108 Å². The molecule has 1 aliphatic carbocycles. The van der Waals surface area contributed by atoms with Crippen molar-refractivity contribution in [2.45, 2.75) is 12.1 Å². The summed E-state index contributed by atoms with van der Waals surface area (Å²) in [5.74, 6) is 0.854. The molecule has 2 aromatic rings. The molecular formula is C20H17NO. The van der Waals surface area contributed by atoms with E-state index < -0.39 is 0 Å². The van der Waals surface area contributed by atoms with Gasteiger partial charge in [0, 0.05) is 5.57 Å². The molecule has 1 aliphatic heterocycles. The smallest absolute Gasteiger partial charge is 0.195 e. The standard InChI is InChI=1S/C20H17NO/c1-3-9-15(10-4-1)18-19(16-11-5-2-6-12-16)22-20(21-18)17-13-7-8-14-17/h1-14,18-19,21H. The number of allylic oxidation sites excluding steroid dienone is 5. The van der Waals surface area contributed by atoms with E-state index in [-0.39, 0.29) is 12.1 Å². The molecule has 2 unspecified atom stereocenters. The zero-order valence-electron chi connectivity index (χ0n) is 12.1. The molecule has 22 heavy (non-hydrogen) atoms. The second kappa shape index (κ2) is 5.57. The fourth-order valence-corrected chi connectivity index (χ4v) is 2.94. The monoisotopic (exact) mass is 287 g/mol. The van der Waals surface area contributed by atoms with Crippen molar-refractivity contribution in [3.8, 4) is 0 Å². The molecule has 1 saturated heterocycles. The Morgan fingerprint density at radius 1 is 0.727 bits per heavy atom. The first-order chi connectivity index (χ1) is 10.9. The van der Waals surface area contributed by atoms with E-state index in [4.69, 9.17) is 4.74 Å². The lowest BCUT2D eigenvalue weighted by Gasteiger charge is -2.18. The normalized spacial score (nSPS) is 22.7. The molecule has 2 nitrogen and oxygen atoms in total. The van der Waals surface area contributed by atoms with Crippen LogP contribution >= 0.6 is 0 Å². The van der Waals surface area contributed by atoms with Gasteiger partial charge in [0.25, 0.3) is 0 Å². The third-order valence-corrected chi connectivity index (χ3v) is 4.05. The van der Waals surface area contributed by atoms with E-state index in [1.807, 2.05) is 24.3 Å². The van der Waals surface area contributed by atoms with Crippen molar-refractivity contribution < 1.29 is 4.74 Å². The van der Waals surface area contributed by atoms with Gasteiger partial charge in [0.15, 0.2) is 5.88 Å². The van der Waals surface area contributed by atoms with Crippen molar-refractivity contribution >= 4 is 0 Å². The Labute approximate surface area is 130 Å². The van der Waals surface area contributed by atoms with Gasteiger partial charge in [-0.25, -0.2) is 0 Å². The number of rotatable bonds is 2. The highest BCUT2D eigenvalue weighted by molar-refractivity contribution is 5.43. The molecule has 0 bridgehead atoms. The zero-order valence-corrected chi connectivity index (χ0v) is 12.1. The molecule has 0 amide bonds. The summed E-state index contributed by atoms with van der Waals surface area (Å²) in [6.45, 7) is 0. The van der Waals surface area contributed by atoms with E-state index in [9.17, 15) is 0 Å². The van der Waals surface area contributed by atoms with E-state index >= 15 is 0 Å². The summed E-state index contributed by atoms with van der Waals surface area (Å²) in [7, 11) is 0. The van der Waals surface area contributed by atoms with Crippen LogP contribution in [0.25, 0.3) is 0 Å². The van der Waals surface area contributed by atoms with Gasteiger partial charge in [0.1, 0.15) is 6.10 Å². The topological polar surface area (TPSA) is 21.3 Å². The van der Waals surface area contributed by atoms with Crippen LogP contribution in [0, 0.1) is 0 Å². The number of hydrogen-bond donors (Lipinski definition) is 1. The van der Waals surface area contributed by atoms with E-state index in [0.29, 0.717) is 0 Å². The number of nitrogens with one attached hydrogen (secondary N) is 1. The summed E-state index contributed by atoms with van der Waals surface area (Å²) in [5, 5.41) is 3.55. The van der Waals surface area contributed by atoms with E-state index in [1.165, 1.54) is 11.1 Å². The highest BCUT2D eigenvalue weighted by Gasteiger charge is 2.35. The van der Waals surface area contributed by atoms with Crippen LogP contribution in [0.2, 0.25) is 0 Å². The molecule has 0 aromatic heterocycles. The Bertz CT molecular complexity index is 680. The van der Waals surface area contributed by atoms with Crippen molar-refractivity contribution in [1.82, 2.24) is 5.32 Å². The van der Waals surface area contributed by atoms with E-state index in [1.54, 1.807) is 0 Å². The fraction of sp³-hybridized carbons (Fsp3) is 0.100. The molecule has 0 spiro atoms. The summed E-state index contributed by atoms with van der Waals surface area (Å²) in [4.78, 5) is 0. The summed E-state index contributed by atoms with van der Waals surface area (Å²) in [5.41, 5.74) is 3.52. The van der Waals surface area contributed by atoms with E-state index in [0.717, 1.165) is 11.5 Å². The van der Waals surface area contributed by atoms with Gasteiger partial charge in [-0.3, -0.25) is 0 Å². The highest BCUT2D eigenvalue weighted by Crippen LogP contribution is 2.40. The second-order valence-corrected chi connectivity index (χ2v) is 5.48. The van der Waals surface area contributed by atoms with Crippen LogP contribution in [-0.4, -0.2) is 0 Å². The second-order valence-electron chi connectivity index (χ2n) is 5.48. The summed E-state index contributed by atoms with van der Waals surface area (Å²) in [6.07, 6.45) is 8.17. The average Bonchev–Trinajstić information content (AvgIpc) is 3.26. The minimum atomic E-state index is -0.0199. The predicted octanol–water partition coefficient (Wildman–Crippen LogP) is 4.43. The Morgan fingerprint density at radius 2 is 1.32 bits per heavy atom. The summed E-state index contributed by atoms with van der Waals surface area (Å²) >= 11 is 0. The number of ether oxygens (including phenoxy) is 1. The van der Waals surface area contributed by atoms with Crippen LogP contribution < -0.4 is 5.32 Å². The molecule has 1 N–H and O–H groups in total. The van der Waals surface area contributed by atoms with Crippen molar-refractivity contribution in [1.29, 1.82) is 0 Å². The molecule has 0 radical (unpaired) electrons. The average molecular weight is 287 g/mol. The molecule has 0 saturated carbocycles. The van der Waals surface area contributed by atoms with Crippen molar-refractivity contribution in [2.75, 3.05) is 0 Å². The lowest BCUT2D eigenvalue weighted by atomic mass is 9.97. The first-order valence-electron chi connectivity index (χ1n) is 7.54. The molecule has 2 aliphatic rings. The molecule has 4 rings (SSSR count). The van der Waals surface area contributed by atoms with Crippen molar-refractivity contribution in [3.63, 3.8) is 0 Å². The molecule has 2 atom stereocenters. The van der Waals surface area contributed by atoms with Gasteiger partial charge >= 0.3 is 0 Å². The minimum Gasteiger partial charge on any atom is -0.468 e. The Morgan fingerprint density at radius 3 is 1.95 bits per heavy atom. The first-order valence-corrected chi connectivity index (χ1v) is 7.54. The summed E-state index contributed by atoms with van der Waals surface area (Å²) < 4.78 is 6.26. The van der Waals surface area contributed by atoms with Gasteiger partial charge in [-0.2, -0.15) is 0 Å². The molecule has 1 heterocycles. The molecule has 2 heteroatoms. The fourth-order valence-electron chi connectivity index (χ4n) is 2.94. The SMILES string of the molecule is C1=CC(=C2NC(c3ccccc3)C(c3ccccc3)O2)C=C1. The third kappa shape index (κ3) is 2.33. The molecule has 1 fully saturated rings. The Balaban J connectivity index is 1.75.